The van der Waals surface area contributed by atoms with Gasteiger partial charge in [0.15, 0.2) is 5.82 Å². The van der Waals surface area contributed by atoms with E-state index in [0.717, 1.165) is 0 Å². The topological polar surface area (TPSA) is 96.3 Å². The molecular weight excluding hydrogens is 248 g/mol. The standard InChI is InChI=1S/C12H16N4O3/c1-17-6-7-18-5-3-11-15-12(19-16-11)9-2-4-14-8-10(9)13/h2,4,8H,3,5-7,13H2,1H3. The summed E-state index contributed by atoms with van der Waals surface area (Å²) in [5.41, 5.74) is 6.99. The minimum atomic E-state index is 0.395. The maximum Gasteiger partial charge on any atom is 0.260 e. The first-order valence-electron chi connectivity index (χ1n) is 5.90. The third kappa shape index (κ3) is 3.73. The molecule has 2 heterocycles. The zero-order chi connectivity index (χ0) is 13.5. The van der Waals surface area contributed by atoms with E-state index >= 15 is 0 Å². The van der Waals surface area contributed by atoms with E-state index in [2.05, 4.69) is 15.1 Å². The third-order valence-corrected chi connectivity index (χ3v) is 2.45. The highest BCUT2D eigenvalue weighted by Gasteiger charge is 2.11. The highest BCUT2D eigenvalue weighted by molar-refractivity contribution is 5.68. The van der Waals surface area contributed by atoms with Crippen LogP contribution in [0.25, 0.3) is 11.5 Å². The number of pyridine rings is 1. The molecule has 0 atom stereocenters. The number of nitrogens with zero attached hydrogens (tertiary/aromatic N) is 3. The van der Waals surface area contributed by atoms with E-state index < -0.39 is 0 Å². The molecule has 2 aromatic rings. The fraction of sp³-hybridized carbons (Fsp3) is 0.417. The van der Waals surface area contributed by atoms with Gasteiger partial charge in [-0.15, -0.1) is 0 Å². The van der Waals surface area contributed by atoms with Gasteiger partial charge in [0.05, 0.1) is 37.3 Å². The summed E-state index contributed by atoms with van der Waals surface area (Å²) < 4.78 is 15.4. The predicted octanol–water partition coefficient (Wildman–Crippen LogP) is 0.919. The predicted molar refractivity (Wildman–Crippen MR) is 68.3 cm³/mol. The van der Waals surface area contributed by atoms with Crippen molar-refractivity contribution in [3.63, 3.8) is 0 Å². The van der Waals surface area contributed by atoms with Gasteiger partial charge in [-0.2, -0.15) is 4.98 Å². The maximum absolute atomic E-state index is 5.79. The SMILES string of the molecule is COCCOCCc1noc(-c2ccncc2N)n1. The molecule has 102 valence electrons. The summed E-state index contributed by atoms with van der Waals surface area (Å²) in [6, 6.07) is 1.74. The average Bonchev–Trinajstić information content (AvgIpc) is 2.88. The van der Waals surface area contributed by atoms with Crippen LogP contribution < -0.4 is 5.73 Å². The Balaban J connectivity index is 1.91. The van der Waals surface area contributed by atoms with Gasteiger partial charge in [-0.3, -0.25) is 4.98 Å². The molecule has 0 aliphatic heterocycles. The number of anilines is 1. The first kappa shape index (κ1) is 13.4. The summed E-state index contributed by atoms with van der Waals surface area (Å²) in [7, 11) is 1.63. The van der Waals surface area contributed by atoms with Gasteiger partial charge in [0, 0.05) is 19.7 Å². The number of methoxy groups -OCH3 is 1. The Hall–Kier alpha value is -1.99. The highest BCUT2D eigenvalue weighted by atomic mass is 16.5. The molecule has 0 bridgehead atoms. The molecule has 0 amide bonds. The molecule has 7 heteroatoms. The zero-order valence-corrected chi connectivity index (χ0v) is 10.7. The van der Waals surface area contributed by atoms with Crippen molar-refractivity contribution in [3.05, 3.63) is 24.3 Å². The Morgan fingerprint density at radius 2 is 2.21 bits per heavy atom. The molecular formula is C12H16N4O3. The molecule has 0 radical (unpaired) electrons. The van der Waals surface area contributed by atoms with E-state index in [4.69, 9.17) is 19.7 Å². The van der Waals surface area contributed by atoms with Crippen molar-refractivity contribution in [2.45, 2.75) is 6.42 Å². The Morgan fingerprint density at radius 3 is 3.00 bits per heavy atom. The fourth-order valence-electron chi connectivity index (χ4n) is 1.47. The van der Waals surface area contributed by atoms with Gasteiger partial charge in [0.25, 0.3) is 5.89 Å². The summed E-state index contributed by atoms with van der Waals surface area (Å²) in [5, 5.41) is 3.88. The molecule has 0 aromatic carbocycles. The first-order valence-corrected chi connectivity index (χ1v) is 5.90. The number of rotatable bonds is 7. The van der Waals surface area contributed by atoms with Gasteiger partial charge in [0.2, 0.25) is 0 Å². The van der Waals surface area contributed by atoms with Crippen LogP contribution in [-0.4, -0.2) is 42.1 Å². The second-order valence-corrected chi connectivity index (χ2v) is 3.83. The van der Waals surface area contributed by atoms with Crippen molar-refractivity contribution in [1.82, 2.24) is 15.1 Å². The van der Waals surface area contributed by atoms with E-state index in [1.807, 2.05) is 0 Å². The Morgan fingerprint density at radius 1 is 1.32 bits per heavy atom. The van der Waals surface area contributed by atoms with Gasteiger partial charge in [-0.1, -0.05) is 5.16 Å². The van der Waals surface area contributed by atoms with Crippen LogP contribution >= 0.6 is 0 Å². The van der Waals surface area contributed by atoms with Gasteiger partial charge >= 0.3 is 0 Å². The average molecular weight is 264 g/mol. The largest absolute Gasteiger partial charge is 0.397 e. The number of nitrogen functional groups attached to an aromatic ring is 1. The molecule has 0 aliphatic carbocycles. The highest BCUT2D eigenvalue weighted by Crippen LogP contribution is 2.22. The lowest BCUT2D eigenvalue weighted by Crippen LogP contribution is -2.05. The maximum atomic E-state index is 5.79. The number of nitrogens with two attached hydrogens (primary N) is 1. The second-order valence-electron chi connectivity index (χ2n) is 3.83. The minimum absolute atomic E-state index is 0.395. The van der Waals surface area contributed by atoms with Crippen molar-refractivity contribution >= 4 is 5.69 Å². The second kappa shape index (κ2) is 6.81. The molecule has 0 saturated heterocycles. The summed E-state index contributed by atoms with van der Waals surface area (Å²) in [6.45, 7) is 1.65. The van der Waals surface area contributed by atoms with Crippen LogP contribution in [0.1, 0.15) is 5.82 Å². The molecule has 0 fully saturated rings. The smallest absolute Gasteiger partial charge is 0.260 e. The summed E-state index contributed by atoms with van der Waals surface area (Å²) in [6.07, 6.45) is 3.76. The Bertz CT molecular complexity index is 515. The number of aromatic nitrogens is 3. The normalized spacial score (nSPS) is 10.8. The van der Waals surface area contributed by atoms with Crippen molar-refractivity contribution in [2.24, 2.45) is 0 Å². The number of ether oxygens (including phenoxy) is 2. The molecule has 19 heavy (non-hydrogen) atoms. The van der Waals surface area contributed by atoms with Crippen LogP contribution in [0, 0.1) is 0 Å². The Kier molecular flexibility index (Phi) is 4.82. The lowest BCUT2D eigenvalue weighted by atomic mass is 10.2. The minimum Gasteiger partial charge on any atom is -0.397 e. The molecule has 2 N–H and O–H groups in total. The molecule has 0 aliphatic rings. The van der Waals surface area contributed by atoms with E-state index in [9.17, 15) is 0 Å². The van der Waals surface area contributed by atoms with Crippen molar-refractivity contribution < 1.29 is 14.0 Å². The molecule has 2 aromatic heterocycles. The lowest BCUT2D eigenvalue weighted by Gasteiger charge is -2.00. The molecule has 0 unspecified atom stereocenters. The van der Waals surface area contributed by atoms with E-state index in [0.29, 0.717) is 49.2 Å². The van der Waals surface area contributed by atoms with Crippen molar-refractivity contribution in [2.75, 3.05) is 32.7 Å². The van der Waals surface area contributed by atoms with Gasteiger partial charge in [-0.05, 0) is 6.07 Å². The van der Waals surface area contributed by atoms with Crippen LogP contribution in [0.3, 0.4) is 0 Å². The van der Waals surface area contributed by atoms with Gasteiger partial charge in [-0.25, -0.2) is 0 Å². The zero-order valence-electron chi connectivity index (χ0n) is 10.7. The van der Waals surface area contributed by atoms with E-state index in [1.54, 1.807) is 25.6 Å². The number of hydrogen-bond donors (Lipinski definition) is 1. The first-order chi connectivity index (χ1) is 9.31. The quantitative estimate of drug-likeness (QED) is 0.742. The van der Waals surface area contributed by atoms with Crippen LogP contribution in [0.2, 0.25) is 0 Å². The summed E-state index contributed by atoms with van der Waals surface area (Å²) in [4.78, 5) is 8.17. The molecule has 7 nitrogen and oxygen atoms in total. The molecule has 0 spiro atoms. The summed E-state index contributed by atoms with van der Waals surface area (Å²) in [5.74, 6) is 0.982. The third-order valence-electron chi connectivity index (χ3n) is 2.45. The lowest BCUT2D eigenvalue weighted by molar-refractivity contribution is 0.0714. The van der Waals surface area contributed by atoms with Crippen LogP contribution in [-0.2, 0) is 15.9 Å². The molecule has 2 rings (SSSR count). The van der Waals surface area contributed by atoms with E-state index in [1.165, 1.54) is 0 Å². The van der Waals surface area contributed by atoms with Gasteiger partial charge < -0.3 is 19.7 Å². The van der Waals surface area contributed by atoms with Crippen LogP contribution in [0.4, 0.5) is 5.69 Å². The van der Waals surface area contributed by atoms with Crippen molar-refractivity contribution in [1.29, 1.82) is 0 Å². The monoisotopic (exact) mass is 264 g/mol. The van der Waals surface area contributed by atoms with Crippen LogP contribution in [0.15, 0.2) is 23.0 Å². The number of hydrogen-bond acceptors (Lipinski definition) is 7. The van der Waals surface area contributed by atoms with E-state index in [-0.39, 0.29) is 0 Å². The van der Waals surface area contributed by atoms with Gasteiger partial charge in [0.1, 0.15) is 0 Å². The van der Waals surface area contributed by atoms with Crippen LogP contribution in [0.5, 0.6) is 0 Å². The fourth-order valence-corrected chi connectivity index (χ4v) is 1.47. The van der Waals surface area contributed by atoms with Crippen molar-refractivity contribution in [3.8, 4) is 11.5 Å². The summed E-state index contributed by atoms with van der Waals surface area (Å²) >= 11 is 0. The molecule has 0 saturated carbocycles. The Labute approximate surface area is 110 Å².